The topological polar surface area (TPSA) is 77.7 Å². The van der Waals surface area contributed by atoms with Gasteiger partial charge >= 0.3 is 0 Å². The third-order valence-corrected chi connectivity index (χ3v) is 7.63. The van der Waals surface area contributed by atoms with Crippen molar-refractivity contribution in [3.05, 3.63) is 70.7 Å². The summed E-state index contributed by atoms with van der Waals surface area (Å²) in [6, 6.07) is 17.5. The Kier molecular flexibility index (Phi) is 5.06. The Hall–Kier alpha value is -2.84. The standard InChI is InChI=1S/C21H20N4O2S2/c1-14-9-11-16(12-10-14)19-23-24-21(25(19)3)29(26,27)13-18-15(2)22-20(28-18)17-7-5-4-6-8-17/h4-12H,13H2,1-3H3. The van der Waals surface area contributed by atoms with E-state index < -0.39 is 9.84 Å². The molecule has 0 amide bonds. The van der Waals surface area contributed by atoms with Crippen LogP contribution in [-0.2, 0) is 22.6 Å². The van der Waals surface area contributed by atoms with Crippen LogP contribution in [0.1, 0.15) is 16.1 Å². The first-order chi connectivity index (χ1) is 13.8. The van der Waals surface area contributed by atoms with E-state index in [1.165, 1.54) is 15.9 Å². The second-order valence-electron chi connectivity index (χ2n) is 6.88. The van der Waals surface area contributed by atoms with E-state index >= 15 is 0 Å². The molecule has 6 nitrogen and oxygen atoms in total. The molecule has 148 valence electrons. The average Bonchev–Trinajstić information content (AvgIpc) is 3.26. The van der Waals surface area contributed by atoms with Gasteiger partial charge in [-0.05, 0) is 13.8 Å². The highest BCUT2D eigenvalue weighted by Gasteiger charge is 2.26. The van der Waals surface area contributed by atoms with Gasteiger partial charge in [0.15, 0.2) is 5.82 Å². The summed E-state index contributed by atoms with van der Waals surface area (Å²) in [6.07, 6.45) is 0. The number of nitrogens with zero attached hydrogens (tertiary/aromatic N) is 4. The molecule has 2 heterocycles. The van der Waals surface area contributed by atoms with Gasteiger partial charge in [-0.1, -0.05) is 60.2 Å². The van der Waals surface area contributed by atoms with Crippen LogP contribution in [0, 0.1) is 13.8 Å². The smallest absolute Gasteiger partial charge is 0.250 e. The fourth-order valence-corrected chi connectivity index (χ4v) is 5.96. The molecular formula is C21H20N4O2S2. The van der Waals surface area contributed by atoms with E-state index in [9.17, 15) is 8.42 Å². The minimum Gasteiger partial charge on any atom is -0.301 e. The quantitative estimate of drug-likeness (QED) is 0.480. The summed E-state index contributed by atoms with van der Waals surface area (Å²) in [6.45, 7) is 3.83. The Morgan fingerprint density at radius 3 is 2.31 bits per heavy atom. The molecule has 0 saturated heterocycles. The highest BCUT2D eigenvalue weighted by atomic mass is 32.2. The number of hydrogen-bond acceptors (Lipinski definition) is 6. The van der Waals surface area contributed by atoms with Gasteiger partial charge in [0.05, 0.1) is 11.4 Å². The van der Waals surface area contributed by atoms with Crippen LogP contribution in [0.2, 0.25) is 0 Å². The van der Waals surface area contributed by atoms with Crippen molar-refractivity contribution in [3.8, 4) is 22.0 Å². The third-order valence-electron chi connectivity index (χ3n) is 4.66. The van der Waals surface area contributed by atoms with Crippen molar-refractivity contribution >= 4 is 21.2 Å². The molecule has 0 saturated carbocycles. The summed E-state index contributed by atoms with van der Waals surface area (Å²) < 4.78 is 27.7. The first-order valence-corrected chi connectivity index (χ1v) is 11.5. The minimum absolute atomic E-state index is 0.0397. The van der Waals surface area contributed by atoms with Crippen molar-refractivity contribution in [2.45, 2.75) is 24.8 Å². The van der Waals surface area contributed by atoms with Gasteiger partial charge in [-0.3, -0.25) is 0 Å². The zero-order chi connectivity index (χ0) is 20.6. The van der Waals surface area contributed by atoms with Crippen LogP contribution >= 0.6 is 11.3 Å². The van der Waals surface area contributed by atoms with Crippen LogP contribution in [-0.4, -0.2) is 28.2 Å². The van der Waals surface area contributed by atoms with Gasteiger partial charge < -0.3 is 4.57 Å². The maximum atomic E-state index is 13.1. The Balaban J connectivity index is 1.65. The monoisotopic (exact) mass is 424 g/mol. The van der Waals surface area contributed by atoms with E-state index in [1.54, 1.807) is 7.05 Å². The molecule has 0 atom stereocenters. The van der Waals surface area contributed by atoms with Crippen molar-refractivity contribution in [1.29, 1.82) is 0 Å². The summed E-state index contributed by atoms with van der Waals surface area (Å²) in [4.78, 5) is 5.27. The number of aryl methyl sites for hydroxylation is 2. The molecule has 29 heavy (non-hydrogen) atoms. The number of sulfone groups is 1. The van der Waals surface area contributed by atoms with E-state index in [0.717, 1.165) is 27.4 Å². The van der Waals surface area contributed by atoms with Crippen LogP contribution in [0.25, 0.3) is 22.0 Å². The number of hydrogen-bond donors (Lipinski definition) is 0. The van der Waals surface area contributed by atoms with Crippen LogP contribution in [0.5, 0.6) is 0 Å². The molecule has 0 aliphatic heterocycles. The lowest BCUT2D eigenvalue weighted by Crippen LogP contribution is -2.11. The van der Waals surface area contributed by atoms with Gasteiger partial charge in [-0.25, -0.2) is 13.4 Å². The summed E-state index contributed by atoms with van der Waals surface area (Å²) in [7, 11) is -1.99. The average molecular weight is 425 g/mol. The molecule has 0 bridgehead atoms. The molecule has 0 spiro atoms. The van der Waals surface area contributed by atoms with Crippen molar-refractivity contribution < 1.29 is 8.42 Å². The normalized spacial score (nSPS) is 11.7. The molecule has 4 rings (SSSR count). The van der Waals surface area contributed by atoms with Gasteiger partial charge in [-0.15, -0.1) is 21.5 Å². The Morgan fingerprint density at radius 2 is 1.62 bits per heavy atom. The Morgan fingerprint density at radius 1 is 0.931 bits per heavy atom. The molecule has 2 aromatic heterocycles. The minimum atomic E-state index is -3.67. The lowest BCUT2D eigenvalue weighted by molar-refractivity contribution is 0.578. The second kappa shape index (κ2) is 7.53. The fraction of sp³-hybridized carbons (Fsp3) is 0.190. The molecule has 0 unspecified atom stereocenters. The van der Waals surface area contributed by atoms with E-state index in [2.05, 4.69) is 15.2 Å². The molecule has 0 aliphatic carbocycles. The van der Waals surface area contributed by atoms with Crippen LogP contribution < -0.4 is 0 Å². The van der Waals surface area contributed by atoms with Crippen LogP contribution in [0.15, 0.2) is 59.8 Å². The number of benzene rings is 2. The zero-order valence-electron chi connectivity index (χ0n) is 16.3. The van der Waals surface area contributed by atoms with Gasteiger partial charge in [0.1, 0.15) is 5.01 Å². The summed E-state index contributed by atoms with van der Waals surface area (Å²) >= 11 is 1.40. The largest absolute Gasteiger partial charge is 0.301 e. The number of rotatable bonds is 5. The molecule has 2 aromatic carbocycles. The number of aromatic nitrogens is 4. The summed E-state index contributed by atoms with van der Waals surface area (Å²) in [5, 5.41) is 8.88. The highest BCUT2D eigenvalue weighted by Crippen LogP contribution is 2.30. The lowest BCUT2D eigenvalue weighted by Gasteiger charge is -2.05. The zero-order valence-corrected chi connectivity index (χ0v) is 18.0. The van der Waals surface area contributed by atoms with Crippen LogP contribution in [0.4, 0.5) is 0 Å². The van der Waals surface area contributed by atoms with Crippen LogP contribution in [0.3, 0.4) is 0 Å². The van der Waals surface area contributed by atoms with Crippen molar-refractivity contribution in [2.75, 3.05) is 0 Å². The van der Waals surface area contributed by atoms with E-state index in [4.69, 9.17) is 0 Å². The first kappa shape index (κ1) is 19.5. The SMILES string of the molecule is Cc1ccc(-c2nnc(S(=O)(=O)Cc3sc(-c4ccccc4)nc3C)n2C)cc1. The third kappa shape index (κ3) is 3.86. The van der Waals surface area contributed by atoms with Gasteiger partial charge in [0, 0.05) is 23.1 Å². The predicted octanol–water partition coefficient (Wildman–Crippen LogP) is 4.20. The van der Waals surface area contributed by atoms with E-state index in [-0.39, 0.29) is 10.9 Å². The lowest BCUT2D eigenvalue weighted by atomic mass is 10.1. The van der Waals surface area contributed by atoms with Gasteiger partial charge in [-0.2, -0.15) is 0 Å². The molecule has 0 fully saturated rings. The number of thiazole rings is 1. The predicted molar refractivity (Wildman–Crippen MR) is 114 cm³/mol. The van der Waals surface area contributed by atoms with Crippen molar-refractivity contribution in [3.63, 3.8) is 0 Å². The fourth-order valence-electron chi connectivity index (χ4n) is 3.04. The molecular weight excluding hydrogens is 404 g/mol. The summed E-state index contributed by atoms with van der Waals surface area (Å²) in [5.41, 5.74) is 3.65. The molecule has 4 aromatic rings. The Bertz CT molecular complexity index is 1260. The van der Waals surface area contributed by atoms with E-state index in [1.807, 2.05) is 68.4 Å². The maximum absolute atomic E-state index is 13.1. The molecule has 0 radical (unpaired) electrons. The maximum Gasteiger partial charge on any atom is 0.250 e. The molecule has 0 aliphatic rings. The van der Waals surface area contributed by atoms with Gasteiger partial charge in [0.2, 0.25) is 15.0 Å². The second-order valence-corrected chi connectivity index (χ2v) is 9.85. The van der Waals surface area contributed by atoms with E-state index in [0.29, 0.717) is 10.7 Å². The van der Waals surface area contributed by atoms with Crippen molar-refractivity contribution in [2.24, 2.45) is 7.05 Å². The Labute approximate surface area is 173 Å². The molecule has 0 N–H and O–H groups in total. The first-order valence-electron chi connectivity index (χ1n) is 9.06. The van der Waals surface area contributed by atoms with Gasteiger partial charge in [0.25, 0.3) is 0 Å². The summed E-state index contributed by atoms with van der Waals surface area (Å²) in [5.74, 6) is 0.373. The highest BCUT2D eigenvalue weighted by molar-refractivity contribution is 7.90. The molecule has 8 heteroatoms. The van der Waals surface area contributed by atoms with Crippen molar-refractivity contribution in [1.82, 2.24) is 19.7 Å².